The van der Waals surface area contributed by atoms with E-state index in [1.54, 1.807) is 31.0 Å². The lowest BCUT2D eigenvalue weighted by Gasteiger charge is -2.29. The van der Waals surface area contributed by atoms with Gasteiger partial charge in [-0.15, -0.1) is 0 Å². The number of amides is 1. The summed E-state index contributed by atoms with van der Waals surface area (Å²) in [6, 6.07) is 7.40. The van der Waals surface area contributed by atoms with Crippen molar-refractivity contribution in [3.63, 3.8) is 0 Å². The van der Waals surface area contributed by atoms with Gasteiger partial charge in [-0.1, -0.05) is 11.6 Å². The number of hydrogen-bond donors (Lipinski definition) is 1. The number of aryl methyl sites for hydroxylation is 1. The normalized spacial score (nSPS) is 18.2. The highest BCUT2D eigenvalue weighted by Gasteiger charge is 2.22. The number of benzene rings is 1. The molecule has 1 aromatic carbocycles. The zero-order chi connectivity index (χ0) is 18.0. The fraction of sp³-hybridized carbons (Fsp3) is 0.444. The number of nitrogens with zero attached hydrogens (tertiary/aromatic N) is 3. The quantitative estimate of drug-likeness (QED) is 0.908. The molecule has 1 atom stereocenters. The van der Waals surface area contributed by atoms with Crippen LogP contribution < -0.4 is 10.1 Å². The number of aromatic nitrogens is 2. The Morgan fingerprint density at radius 3 is 2.84 bits per heavy atom. The van der Waals surface area contributed by atoms with Crippen LogP contribution in [0.2, 0.25) is 5.02 Å². The maximum absolute atomic E-state index is 12.5. The van der Waals surface area contributed by atoms with Crippen LogP contribution >= 0.6 is 11.6 Å². The lowest BCUT2D eigenvalue weighted by atomic mass is 10.1. The molecule has 1 aromatic heterocycles. The minimum Gasteiger partial charge on any atom is -0.497 e. The van der Waals surface area contributed by atoms with Crippen molar-refractivity contribution in [2.24, 2.45) is 7.05 Å². The van der Waals surface area contributed by atoms with E-state index >= 15 is 0 Å². The van der Waals surface area contributed by atoms with E-state index in [9.17, 15) is 4.79 Å². The Morgan fingerprint density at radius 2 is 2.16 bits per heavy atom. The van der Waals surface area contributed by atoms with Crippen LogP contribution in [0.15, 0.2) is 24.3 Å². The summed E-state index contributed by atoms with van der Waals surface area (Å²) >= 11 is 6.35. The van der Waals surface area contributed by atoms with Crippen LogP contribution in [0, 0.1) is 0 Å². The standard InChI is InChI=1S/C18H23ClN4O2/c1-22-8-4-5-12(11-22)20-18(24)16-10-17(23(2)21-16)14-7-6-13(25-3)9-15(14)19/h6-7,9-10,12H,4-5,8,11H2,1-3H3,(H,20,24). The fourth-order valence-corrected chi connectivity index (χ4v) is 3.47. The summed E-state index contributed by atoms with van der Waals surface area (Å²) in [7, 11) is 5.48. The average molecular weight is 363 g/mol. The van der Waals surface area contributed by atoms with E-state index in [0.717, 1.165) is 37.2 Å². The third-order valence-electron chi connectivity index (χ3n) is 4.52. The molecular weight excluding hydrogens is 340 g/mol. The molecule has 25 heavy (non-hydrogen) atoms. The van der Waals surface area contributed by atoms with Crippen LogP contribution in [0.1, 0.15) is 23.3 Å². The molecule has 1 amide bonds. The molecule has 0 bridgehead atoms. The third kappa shape index (κ3) is 3.96. The molecule has 1 unspecified atom stereocenters. The number of carbonyl (C=O) groups is 1. The van der Waals surface area contributed by atoms with E-state index in [1.165, 1.54) is 0 Å². The average Bonchev–Trinajstić information content (AvgIpc) is 2.96. The van der Waals surface area contributed by atoms with Crippen LogP contribution in [0.3, 0.4) is 0 Å². The number of methoxy groups -OCH3 is 1. The highest BCUT2D eigenvalue weighted by atomic mass is 35.5. The summed E-state index contributed by atoms with van der Waals surface area (Å²) < 4.78 is 6.85. The SMILES string of the molecule is COc1ccc(-c2cc(C(=O)NC3CCCN(C)C3)nn2C)c(Cl)c1. The molecule has 1 aliphatic heterocycles. The number of likely N-dealkylation sites (tertiary alicyclic amines) is 1. The molecule has 0 aliphatic carbocycles. The number of ether oxygens (including phenoxy) is 1. The van der Waals surface area contributed by atoms with Gasteiger partial charge < -0.3 is 15.0 Å². The van der Waals surface area contributed by atoms with E-state index < -0.39 is 0 Å². The monoisotopic (exact) mass is 362 g/mol. The van der Waals surface area contributed by atoms with Crippen LogP contribution in [0.4, 0.5) is 0 Å². The largest absolute Gasteiger partial charge is 0.497 e. The molecule has 0 saturated carbocycles. The van der Waals surface area contributed by atoms with Crippen molar-refractivity contribution in [1.29, 1.82) is 0 Å². The summed E-state index contributed by atoms with van der Waals surface area (Å²) in [4.78, 5) is 14.8. The van der Waals surface area contributed by atoms with E-state index in [2.05, 4.69) is 22.4 Å². The first-order valence-corrected chi connectivity index (χ1v) is 8.73. The lowest BCUT2D eigenvalue weighted by molar-refractivity contribution is 0.0906. The van der Waals surface area contributed by atoms with Gasteiger partial charge in [-0.25, -0.2) is 0 Å². The Kier molecular flexibility index (Phi) is 5.30. The first-order chi connectivity index (χ1) is 12.0. The molecule has 3 rings (SSSR count). The van der Waals surface area contributed by atoms with Gasteiger partial charge in [0, 0.05) is 25.2 Å². The number of likely N-dealkylation sites (N-methyl/N-ethyl adjacent to an activating group) is 1. The van der Waals surface area contributed by atoms with Crippen molar-refractivity contribution in [2.45, 2.75) is 18.9 Å². The Morgan fingerprint density at radius 1 is 1.36 bits per heavy atom. The summed E-state index contributed by atoms with van der Waals surface area (Å²) in [6.45, 7) is 1.95. The number of piperidine rings is 1. The predicted octanol–water partition coefficient (Wildman–Crippen LogP) is 2.57. The van der Waals surface area contributed by atoms with Crippen molar-refractivity contribution in [3.8, 4) is 17.0 Å². The Hall–Kier alpha value is -2.05. The number of carbonyl (C=O) groups excluding carboxylic acids is 1. The van der Waals surface area contributed by atoms with Gasteiger partial charge in [0.25, 0.3) is 5.91 Å². The molecule has 2 aromatic rings. The van der Waals surface area contributed by atoms with Gasteiger partial charge >= 0.3 is 0 Å². The number of nitrogens with one attached hydrogen (secondary N) is 1. The van der Waals surface area contributed by atoms with E-state index in [4.69, 9.17) is 16.3 Å². The fourth-order valence-electron chi connectivity index (χ4n) is 3.20. The minimum atomic E-state index is -0.146. The Labute approximate surface area is 152 Å². The van der Waals surface area contributed by atoms with Gasteiger partial charge in [-0.05, 0) is 50.7 Å². The smallest absolute Gasteiger partial charge is 0.272 e. The molecule has 1 fully saturated rings. The van der Waals surface area contributed by atoms with Crippen LogP contribution in [-0.4, -0.2) is 53.9 Å². The van der Waals surface area contributed by atoms with Crippen molar-refractivity contribution >= 4 is 17.5 Å². The van der Waals surface area contributed by atoms with Crippen LogP contribution in [-0.2, 0) is 7.05 Å². The van der Waals surface area contributed by atoms with E-state index in [0.29, 0.717) is 16.5 Å². The second kappa shape index (κ2) is 7.45. The molecule has 6 nitrogen and oxygen atoms in total. The minimum absolute atomic E-state index is 0.146. The van der Waals surface area contributed by atoms with Gasteiger partial charge in [0.2, 0.25) is 0 Å². The van der Waals surface area contributed by atoms with Crippen molar-refractivity contribution in [2.75, 3.05) is 27.2 Å². The topological polar surface area (TPSA) is 59.4 Å². The van der Waals surface area contributed by atoms with E-state index in [-0.39, 0.29) is 11.9 Å². The van der Waals surface area contributed by atoms with Crippen molar-refractivity contribution in [1.82, 2.24) is 20.0 Å². The molecule has 134 valence electrons. The zero-order valence-corrected chi connectivity index (χ0v) is 15.5. The van der Waals surface area contributed by atoms with Gasteiger partial charge in [0.05, 0.1) is 17.8 Å². The van der Waals surface area contributed by atoms with Crippen molar-refractivity contribution in [3.05, 3.63) is 35.0 Å². The summed E-state index contributed by atoms with van der Waals surface area (Å²) in [5.74, 6) is 0.544. The summed E-state index contributed by atoms with van der Waals surface area (Å²) in [5, 5.41) is 8.00. The number of halogens is 1. The zero-order valence-electron chi connectivity index (χ0n) is 14.8. The molecule has 7 heteroatoms. The van der Waals surface area contributed by atoms with Gasteiger partial charge in [0.15, 0.2) is 5.69 Å². The molecule has 0 spiro atoms. The molecule has 1 N–H and O–H groups in total. The second-order valence-corrected chi connectivity index (χ2v) is 6.87. The molecule has 1 aliphatic rings. The van der Waals surface area contributed by atoms with Crippen molar-refractivity contribution < 1.29 is 9.53 Å². The number of hydrogen-bond acceptors (Lipinski definition) is 4. The first kappa shape index (κ1) is 17.8. The Balaban J connectivity index is 1.79. The molecular formula is C18H23ClN4O2. The highest BCUT2D eigenvalue weighted by Crippen LogP contribution is 2.31. The van der Waals surface area contributed by atoms with Gasteiger partial charge in [0.1, 0.15) is 5.75 Å². The Bertz CT molecular complexity index is 774. The first-order valence-electron chi connectivity index (χ1n) is 8.35. The lowest BCUT2D eigenvalue weighted by Crippen LogP contribution is -2.46. The van der Waals surface area contributed by atoms with Crippen LogP contribution in [0.5, 0.6) is 5.75 Å². The van der Waals surface area contributed by atoms with Gasteiger partial charge in [-0.2, -0.15) is 5.10 Å². The summed E-state index contributed by atoms with van der Waals surface area (Å²) in [6.07, 6.45) is 2.09. The third-order valence-corrected chi connectivity index (χ3v) is 4.84. The molecule has 1 saturated heterocycles. The summed E-state index contributed by atoms with van der Waals surface area (Å²) in [5.41, 5.74) is 2.00. The molecule has 2 heterocycles. The van der Waals surface area contributed by atoms with Gasteiger partial charge in [-0.3, -0.25) is 9.48 Å². The maximum Gasteiger partial charge on any atom is 0.272 e. The second-order valence-electron chi connectivity index (χ2n) is 6.46. The van der Waals surface area contributed by atoms with Crippen LogP contribution in [0.25, 0.3) is 11.3 Å². The molecule has 0 radical (unpaired) electrons. The number of rotatable bonds is 4. The van der Waals surface area contributed by atoms with E-state index in [1.807, 2.05) is 12.1 Å². The maximum atomic E-state index is 12.5. The predicted molar refractivity (Wildman–Crippen MR) is 98.2 cm³/mol. The highest BCUT2D eigenvalue weighted by molar-refractivity contribution is 6.33.